The highest BCUT2D eigenvalue weighted by Crippen LogP contribution is 2.26. The zero-order valence-corrected chi connectivity index (χ0v) is 10.3. The Labute approximate surface area is 103 Å². The van der Waals surface area contributed by atoms with Crippen LogP contribution in [0.5, 0.6) is 0 Å². The van der Waals surface area contributed by atoms with Crippen molar-refractivity contribution in [3.8, 4) is 0 Å². The highest BCUT2D eigenvalue weighted by Gasteiger charge is 2.37. The summed E-state index contributed by atoms with van der Waals surface area (Å²) >= 11 is 0. The van der Waals surface area contributed by atoms with E-state index >= 15 is 0 Å². The normalized spacial score (nSPS) is 30.1. The molecule has 1 aromatic carbocycles. The molecule has 0 spiro atoms. The van der Waals surface area contributed by atoms with Crippen LogP contribution in [0.2, 0.25) is 0 Å². The van der Waals surface area contributed by atoms with E-state index in [0.29, 0.717) is 6.54 Å². The summed E-state index contributed by atoms with van der Waals surface area (Å²) in [5.41, 5.74) is 0.919. The van der Waals surface area contributed by atoms with E-state index in [9.17, 15) is 5.11 Å². The van der Waals surface area contributed by atoms with E-state index in [1.165, 1.54) is 5.56 Å². The molecule has 1 heterocycles. The van der Waals surface area contributed by atoms with Gasteiger partial charge in [0, 0.05) is 19.6 Å². The standard InChI is InChI=1S/C14H20N2O/c1-14(15-2)8-9-16(11-13(14)17)10-12-6-4-3-5-7-12/h3-7,13,17H,2,8-11H2,1H3/t13-,14-/m1/s1. The first-order chi connectivity index (χ1) is 8.14. The minimum atomic E-state index is -0.419. The molecule has 0 radical (unpaired) electrons. The summed E-state index contributed by atoms with van der Waals surface area (Å²) in [6.07, 6.45) is 0.447. The summed E-state index contributed by atoms with van der Waals surface area (Å²) in [5.74, 6) is 0. The number of aliphatic hydroxyl groups is 1. The monoisotopic (exact) mass is 232 g/mol. The lowest BCUT2D eigenvalue weighted by Crippen LogP contribution is -2.52. The number of aliphatic imine (C=N–C) groups is 1. The zero-order valence-electron chi connectivity index (χ0n) is 10.3. The van der Waals surface area contributed by atoms with Gasteiger partial charge in [0.25, 0.3) is 0 Å². The van der Waals surface area contributed by atoms with Gasteiger partial charge < -0.3 is 5.11 Å². The van der Waals surface area contributed by atoms with Crippen LogP contribution in [-0.2, 0) is 6.54 Å². The van der Waals surface area contributed by atoms with Crippen LogP contribution in [0.4, 0.5) is 0 Å². The lowest BCUT2D eigenvalue weighted by molar-refractivity contribution is 0.0104. The van der Waals surface area contributed by atoms with E-state index in [1.807, 2.05) is 25.1 Å². The van der Waals surface area contributed by atoms with Gasteiger partial charge in [0.2, 0.25) is 0 Å². The average Bonchev–Trinajstić information content (AvgIpc) is 2.35. The fraction of sp³-hybridized carbons (Fsp3) is 0.500. The third-order valence-corrected chi connectivity index (χ3v) is 3.69. The first-order valence-corrected chi connectivity index (χ1v) is 6.06. The molecule has 1 saturated heterocycles. The van der Waals surface area contributed by atoms with Crippen molar-refractivity contribution >= 4 is 6.72 Å². The van der Waals surface area contributed by atoms with E-state index < -0.39 is 6.10 Å². The lowest BCUT2D eigenvalue weighted by Gasteiger charge is -2.40. The molecule has 1 fully saturated rings. The van der Waals surface area contributed by atoms with Crippen LogP contribution in [0.1, 0.15) is 18.9 Å². The molecule has 0 saturated carbocycles. The highest BCUT2D eigenvalue weighted by atomic mass is 16.3. The predicted molar refractivity (Wildman–Crippen MR) is 70.3 cm³/mol. The Bertz CT molecular complexity index is 379. The van der Waals surface area contributed by atoms with Gasteiger partial charge in [-0.2, -0.15) is 0 Å². The summed E-state index contributed by atoms with van der Waals surface area (Å²) in [5, 5.41) is 10.1. The van der Waals surface area contributed by atoms with E-state index in [-0.39, 0.29) is 5.54 Å². The van der Waals surface area contributed by atoms with Crippen molar-refractivity contribution in [2.75, 3.05) is 13.1 Å². The molecule has 1 aliphatic heterocycles. The van der Waals surface area contributed by atoms with Gasteiger partial charge in [0.1, 0.15) is 0 Å². The van der Waals surface area contributed by atoms with Gasteiger partial charge in [-0.05, 0) is 25.6 Å². The number of piperidine rings is 1. The van der Waals surface area contributed by atoms with Gasteiger partial charge in [-0.25, -0.2) is 0 Å². The predicted octanol–water partition coefficient (Wildman–Crippen LogP) is 1.71. The van der Waals surface area contributed by atoms with Crippen LogP contribution < -0.4 is 0 Å². The fourth-order valence-electron chi connectivity index (χ4n) is 2.25. The van der Waals surface area contributed by atoms with Crippen molar-refractivity contribution in [1.82, 2.24) is 4.90 Å². The van der Waals surface area contributed by atoms with Crippen LogP contribution >= 0.6 is 0 Å². The topological polar surface area (TPSA) is 35.8 Å². The second-order valence-corrected chi connectivity index (χ2v) is 5.00. The van der Waals surface area contributed by atoms with Crippen LogP contribution in [0.25, 0.3) is 0 Å². The molecule has 0 bridgehead atoms. The summed E-state index contributed by atoms with van der Waals surface area (Å²) < 4.78 is 0. The third kappa shape index (κ3) is 2.73. The maximum atomic E-state index is 10.1. The zero-order chi connectivity index (χ0) is 12.3. The van der Waals surface area contributed by atoms with Gasteiger partial charge in [0.05, 0.1) is 11.6 Å². The molecule has 1 aliphatic rings. The molecular formula is C14H20N2O. The molecule has 0 amide bonds. The molecular weight excluding hydrogens is 212 g/mol. The van der Waals surface area contributed by atoms with E-state index in [1.54, 1.807) is 0 Å². The molecule has 1 N–H and O–H groups in total. The largest absolute Gasteiger partial charge is 0.389 e. The lowest BCUT2D eigenvalue weighted by atomic mass is 9.87. The minimum Gasteiger partial charge on any atom is -0.389 e. The van der Waals surface area contributed by atoms with Crippen molar-refractivity contribution in [3.63, 3.8) is 0 Å². The molecule has 0 unspecified atom stereocenters. The molecule has 2 rings (SSSR count). The Morgan fingerprint density at radius 3 is 2.76 bits per heavy atom. The maximum Gasteiger partial charge on any atom is 0.0915 e. The van der Waals surface area contributed by atoms with Crippen molar-refractivity contribution in [3.05, 3.63) is 35.9 Å². The molecule has 2 atom stereocenters. The Hall–Kier alpha value is -1.19. The van der Waals surface area contributed by atoms with E-state index in [2.05, 4.69) is 28.7 Å². The smallest absolute Gasteiger partial charge is 0.0915 e. The third-order valence-electron chi connectivity index (χ3n) is 3.69. The Morgan fingerprint density at radius 1 is 1.47 bits per heavy atom. The van der Waals surface area contributed by atoms with Crippen LogP contribution in [0, 0.1) is 0 Å². The van der Waals surface area contributed by atoms with E-state index in [4.69, 9.17) is 0 Å². The summed E-state index contributed by atoms with van der Waals surface area (Å²) in [7, 11) is 0. The van der Waals surface area contributed by atoms with Crippen molar-refractivity contribution in [2.24, 2.45) is 4.99 Å². The second kappa shape index (κ2) is 4.98. The number of nitrogens with zero attached hydrogens (tertiary/aromatic N) is 2. The molecule has 92 valence electrons. The first kappa shape index (κ1) is 12.3. The van der Waals surface area contributed by atoms with Gasteiger partial charge in [-0.1, -0.05) is 30.3 Å². The Balaban J connectivity index is 1.96. The quantitative estimate of drug-likeness (QED) is 0.805. The van der Waals surface area contributed by atoms with Gasteiger partial charge in [-0.3, -0.25) is 9.89 Å². The average molecular weight is 232 g/mol. The number of aliphatic hydroxyl groups excluding tert-OH is 1. The molecule has 0 aromatic heterocycles. The van der Waals surface area contributed by atoms with Gasteiger partial charge >= 0.3 is 0 Å². The molecule has 3 nitrogen and oxygen atoms in total. The van der Waals surface area contributed by atoms with Crippen molar-refractivity contribution in [2.45, 2.75) is 31.5 Å². The second-order valence-electron chi connectivity index (χ2n) is 5.00. The number of hydrogen-bond donors (Lipinski definition) is 1. The molecule has 0 aliphatic carbocycles. The molecule has 17 heavy (non-hydrogen) atoms. The Morgan fingerprint density at radius 2 is 2.18 bits per heavy atom. The molecule has 1 aromatic rings. The summed E-state index contributed by atoms with van der Waals surface area (Å²) in [6.45, 7) is 8.09. The fourth-order valence-corrected chi connectivity index (χ4v) is 2.25. The number of likely N-dealkylation sites (tertiary alicyclic amines) is 1. The highest BCUT2D eigenvalue weighted by molar-refractivity contribution is 5.27. The first-order valence-electron chi connectivity index (χ1n) is 6.06. The number of rotatable bonds is 3. The number of β-amino-alcohol motifs (C(OH)–C–C–N with tert-alkyl or cyclic N) is 1. The SMILES string of the molecule is C=N[C@]1(C)CCN(Cc2ccccc2)C[C@H]1O. The van der Waals surface area contributed by atoms with E-state index in [0.717, 1.165) is 19.5 Å². The summed E-state index contributed by atoms with van der Waals surface area (Å²) in [4.78, 5) is 6.35. The summed E-state index contributed by atoms with van der Waals surface area (Å²) in [6, 6.07) is 10.3. The van der Waals surface area contributed by atoms with Crippen LogP contribution in [-0.4, -0.2) is 41.5 Å². The maximum absolute atomic E-state index is 10.1. The number of benzene rings is 1. The van der Waals surface area contributed by atoms with Crippen LogP contribution in [0.15, 0.2) is 35.3 Å². The van der Waals surface area contributed by atoms with Crippen molar-refractivity contribution < 1.29 is 5.11 Å². The number of hydrogen-bond acceptors (Lipinski definition) is 3. The van der Waals surface area contributed by atoms with Gasteiger partial charge in [0.15, 0.2) is 0 Å². The Kier molecular flexibility index (Phi) is 3.60. The van der Waals surface area contributed by atoms with Gasteiger partial charge in [-0.15, -0.1) is 0 Å². The van der Waals surface area contributed by atoms with Crippen molar-refractivity contribution in [1.29, 1.82) is 0 Å². The van der Waals surface area contributed by atoms with Crippen LogP contribution in [0.3, 0.4) is 0 Å². The minimum absolute atomic E-state index is 0.368. The molecule has 3 heteroatoms.